The molecule has 0 radical (unpaired) electrons. The Morgan fingerprint density at radius 3 is 2.18 bits per heavy atom. The molecular formula is C19H24ClNO7. The molecule has 28 heavy (non-hydrogen) atoms. The van der Waals surface area contributed by atoms with Crippen LogP contribution >= 0.6 is 11.6 Å². The van der Waals surface area contributed by atoms with E-state index >= 15 is 0 Å². The van der Waals surface area contributed by atoms with Gasteiger partial charge >= 0.3 is 11.9 Å². The third-order valence-corrected chi connectivity index (χ3v) is 3.58. The molecule has 0 bridgehead atoms. The highest BCUT2D eigenvalue weighted by Gasteiger charge is 2.30. The first kappa shape index (κ1) is 23.3. The molecule has 1 rings (SSSR count). The number of carbonyl (C=O) groups is 3. The van der Waals surface area contributed by atoms with Gasteiger partial charge in [-0.05, 0) is 44.5 Å². The van der Waals surface area contributed by atoms with Crippen LogP contribution in [-0.4, -0.2) is 50.8 Å². The van der Waals surface area contributed by atoms with Gasteiger partial charge in [0.15, 0.2) is 11.5 Å². The highest BCUT2D eigenvalue weighted by atomic mass is 35.5. The standard InChI is InChI=1S/C19H24ClNO7/c1-5-26-17-13(20)10-12(11-14(17)25-4)8-9-15(22)21-16(18(23)27-6-2)19(24)28-7-3/h8-11,16H,5-7H2,1-4H3,(H,21,22). The summed E-state index contributed by atoms with van der Waals surface area (Å²) in [6, 6.07) is 1.68. The van der Waals surface area contributed by atoms with Crippen molar-refractivity contribution in [2.75, 3.05) is 26.9 Å². The molecule has 1 amide bonds. The van der Waals surface area contributed by atoms with Crippen molar-refractivity contribution < 1.29 is 33.3 Å². The van der Waals surface area contributed by atoms with Crippen molar-refractivity contribution in [1.29, 1.82) is 0 Å². The Bertz CT molecular complexity index is 715. The average molecular weight is 414 g/mol. The van der Waals surface area contributed by atoms with Crippen LogP contribution < -0.4 is 14.8 Å². The van der Waals surface area contributed by atoms with Crippen molar-refractivity contribution in [3.63, 3.8) is 0 Å². The van der Waals surface area contributed by atoms with Crippen molar-refractivity contribution >= 4 is 35.5 Å². The van der Waals surface area contributed by atoms with E-state index in [0.29, 0.717) is 28.7 Å². The van der Waals surface area contributed by atoms with E-state index in [4.69, 9.17) is 30.5 Å². The SMILES string of the molecule is CCOC(=O)C(NC(=O)C=Cc1cc(Cl)c(OCC)c(OC)c1)C(=O)OCC. The maximum atomic E-state index is 12.2. The van der Waals surface area contributed by atoms with Crippen LogP contribution in [0.4, 0.5) is 0 Å². The normalized spacial score (nSPS) is 10.6. The van der Waals surface area contributed by atoms with E-state index < -0.39 is 23.9 Å². The number of carbonyl (C=O) groups excluding carboxylic acids is 3. The predicted octanol–water partition coefficient (Wildman–Crippen LogP) is 2.37. The number of amides is 1. The summed E-state index contributed by atoms with van der Waals surface area (Å²) in [5.41, 5.74) is 0.560. The number of methoxy groups -OCH3 is 1. The van der Waals surface area contributed by atoms with Gasteiger partial charge in [0.1, 0.15) is 0 Å². The van der Waals surface area contributed by atoms with E-state index in [1.54, 1.807) is 26.0 Å². The number of benzene rings is 1. The molecule has 0 spiro atoms. The van der Waals surface area contributed by atoms with Crippen molar-refractivity contribution in [1.82, 2.24) is 5.32 Å². The van der Waals surface area contributed by atoms with Crippen molar-refractivity contribution in [3.05, 3.63) is 28.8 Å². The fourth-order valence-corrected chi connectivity index (χ4v) is 2.42. The van der Waals surface area contributed by atoms with Gasteiger partial charge in [-0.3, -0.25) is 4.79 Å². The molecule has 0 fully saturated rings. The number of nitrogens with one attached hydrogen (secondary N) is 1. The largest absolute Gasteiger partial charge is 0.493 e. The number of ether oxygens (including phenoxy) is 4. The summed E-state index contributed by atoms with van der Waals surface area (Å²) in [6.07, 6.45) is 2.60. The van der Waals surface area contributed by atoms with Crippen LogP contribution in [0.3, 0.4) is 0 Å². The predicted molar refractivity (Wildman–Crippen MR) is 103 cm³/mol. The van der Waals surface area contributed by atoms with Crippen LogP contribution in [0, 0.1) is 0 Å². The molecule has 0 aliphatic rings. The molecule has 0 saturated heterocycles. The molecule has 9 heteroatoms. The monoisotopic (exact) mass is 413 g/mol. The maximum absolute atomic E-state index is 12.2. The third-order valence-electron chi connectivity index (χ3n) is 3.30. The molecule has 0 aliphatic heterocycles. The summed E-state index contributed by atoms with van der Waals surface area (Å²) in [5, 5.41) is 2.58. The lowest BCUT2D eigenvalue weighted by Gasteiger charge is -2.15. The van der Waals surface area contributed by atoms with Crippen LogP contribution in [0.2, 0.25) is 5.02 Å². The van der Waals surface area contributed by atoms with Crippen LogP contribution in [0.5, 0.6) is 11.5 Å². The van der Waals surface area contributed by atoms with E-state index in [1.807, 2.05) is 6.92 Å². The first-order chi connectivity index (χ1) is 13.4. The summed E-state index contributed by atoms with van der Waals surface area (Å²) < 4.78 is 20.3. The van der Waals surface area contributed by atoms with Crippen LogP contribution in [0.25, 0.3) is 6.08 Å². The van der Waals surface area contributed by atoms with Gasteiger partial charge in [0.05, 0.1) is 32.0 Å². The molecule has 0 unspecified atom stereocenters. The summed E-state index contributed by atoms with van der Waals surface area (Å²) in [7, 11) is 1.47. The summed E-state index contributed by atoms with van der Waals surface area (Å²) >= 11 is 6.18. The van der Waals surface area contributed by atoms with Gasteiger partial charge in [-0.25, -0.2) is 9.59 Å². The van der Waals surface area contributed by atoms with Crippen LogP contribution in [0.15, 0.2) is 18.2 Å². The Morgan fingerprint density at radius 2 is 1.68 bits per heavy atom. The maximum Gasteiger partial charge on any atom is 0.340 e. The number of hydrogen-bond acceptors (Lipinski definition) is 7. The van der Waals surface area contributed by atoms with Crippen molar-refractivity contribution in [2.45, 2.75) is 26.8 Å². The fourth-order valence-electron chi connectivity index (χ4n) is 2.15. The Morgan fingerprint density at radius 1 is 1.07 bits per heavy atom. The lowest BCUT2D eigenvalue weighted by atomic mass is 10.1. The second-order valence-electron chi connectivity index (χ2n) is 5.25. The first-order valence-electron chi connectivity index (χ1n) is 8.69. The average Bonchev–Trinajstić information content (AvgIpc) is 2.66. The highest BCUT2D eigenvalue weighted by Crippen LogP contribution is 2.36. The minimum atomic E-state index is -1.55. The summed E-state index contributed by atoms with van der Waals surface area (Å²) in [5.74, 6) is -1.67. The smallest absolute Gasteiger partial charge is 0.340 e. The Labute approximate surface area is 168 Å². The molecular weight excluding hydrogens is 390 g/mol. The molecule has 1 aromatic carbocycles. The van der Waals surface area contributed by atoms with E-state index in [2.05, 4.69) is 5.32 Å². The molecule has 0 aromatic heterocycles. The molecule has 154 valence electrons. The number of rotatable bonds is 10. The van der Waals surface area contributed by atoms with Crippen LogP contribution in [-0.2, 0) is 23.9 Å². The highest BCUT2D eigenvalue weighted by molar-refractivity contribution is 6.32. The quantitative estimate of drug-likeness (QED) is 0.357. The summed E-state index contributed by atoms with van der Waals surface area (Å²) in [6.45, 7) is 5.53. The van der Waals surface area contributed by atoms with Gasteiger partial charge in [0.2, 0.25) is 11.9 Å². The zero-order valence-corrected chi connectivity index (χ0v) is 17.0. The van der Waals surface area contributed by atoms with E-state index in [1.165, 1.54) is 13.2 Å². The van der Waals surface area contributed by atoms with Crippen LogP contribution in [0.1, 0.15) is 26.3 Å². The zero-order valence-electron chi connectivity index (χ0n) is 16.2. The topological polar surface area (TPSA) is 100 Å². The summed E-state index contributed by atoms with van der Waals surface area (Å²) in [4.78, 5) is 35.9. The third kappa shape index (κ3) is 6.77. The molecule has 1 N–H and O–H groups in total. The van der Waals surface area contributed by atoms with Gasteiger partial charge < -0.3 is 24.3 Å². The second-order valence-corrected chi connectivity index (χ2v) is 5.65. The number of esters is 2. The molecule has 0 heterocycles. The Kier molecular flexibility index (Phi) is 9.87. The Hall–Kier alpha value is -2.74. The lowest BCUT2D eigenvalue weighted by molar-refractivity contribution is -0.159. The first-order valence-corrected chi connectivity index (χ1v) is 9.07. The van der Waals surface area contributed by atoms with Gasteiger partial charge in [0, 0.05) is 6.08 Å². The van der Waals surface area contributed by atoms with Gasteiger partial charge in [-0.1, -0.05) is 11.6 Å². The molecule has 8 nitrogen and oxygen atoms in total. The van der Waals surface area contributed by atoms with Gasteiger partial charge in [-0.2, -0.15) is 0 Å². The minimum Gasteiger partial charge on any atom is -0.493 e. The van der Waals surface area contributed by atoms with E-state index in [0.717, 1.165) is 6.08 Å². The minimum absolute atomic E-state index is 0.0604. The van der Waals surface area contributed by atoms with Crippen molar-refractivity contribution in [3.8, 4) is 11.5 Å². The lowest BCUT2D eigenvalue weighted by Crippen LogP contribution is -2.47. The number of hydrogen-bond donors (Lipinski definition) is 1. The molecule has 0 aliphatic carbocycles. The van der Waals surface area contributed by atoms with E-state index in [-0.39, 0.29) is 13.2 Å². The fraction of sp³-hybridized carbons (Fsp3) is 0.421. The molecule has 0 atom stereocenters. The van der Waals surface area contributed by atoms with Gasteiger partial charge in [-0.15, -0.1) is 0 Å². The molecule has 1 aromatic rings. The second kappa shape index (κ2) is 11.9. The van der Waals surface area contributed by atoms with Crippen molar-refractivity contribution in [2.24, 2.45) is 0 Å². The zero-order chi connectivity index (χ0) is 21.1. The Balaban J connectivity index is 2.95. The van der Waals surface area contributed by atoms with Gasteiger partial charge in [0.25, 0.3) is 0 Å². The number of halogens is 1. The van der Waals surface area contributed by atoms with E-state index in [9.17, 15) is 14.4 Å². The molecule has 0 saturated carbocycles.